The third-order valence-corrected chi connectivity index (χ3v) is 3.06. The second-order valence-corrected chi connectivity index (χ2v) is 4.34. The highest BCUT2D eigenvalue weighted by atomic mass is 16.7. The molecule has 0 saturated carbocycles. The molecule has 0 radical (unpaired) electrons. The second-order valence-electron chi connectivity index (χ2n) is 4.34. The van der Waals surface area contributed by atoms with Gasteiger partial charge in [-0.05, 0) is 36.6 Å². The molecular formula is C13H18N2O2. The predicted molar refractivity (Wildman–Crippen MR) is 66.6 cm³/mol. The first-order valence-corrected chi connectivity index (χ1v) is 5.98. The lowest BCUT2D eigenvalue weighted by Crippen LogP contribution is -2.22. The van der Waals surface area contributed by atoms with Crippen molar-refractivity contribution in [1.29, 1.82) is 0 Å². The van der Waals surface area contributed by atoms with E-state index in [1.807, 2.05) is 24.3 Å². The molecule has 1 amide bonds. The van der Waals surface area contributed by atoms with E-state index in [4.69, 9.17) is 10.6 Å². The molecule has 2 N–H and O–H groups in total. The summed E-state index contributed by atoms with van der Waals surface area (Å²) in [6.07, 6.45) is 1.43. The lowest BCUT2D eigenvalue weighted by atomic mass is 9.98. The molecule has 1 unspecified atom stereocenters. The van der Waals surface area contributed by atoms with Crippen molar-refractivity contribution < 1.29 is 9.63 Å². The van der Waals surface area contributed by atoms with Gasteiger partial charge < -0.3 is 5.73 Å². The summed E-state index contributed by atoms with van der Waals surface area (Å²) in [7, 11) is 0. The molecule has 1 fully saturated rings. The summed E-state index contributed by atoms with van der Waals surface area (Å²) in [5, 5.41) is 1.37. The summed E-state index contributed by atoms with van der Waals surface area (Å²) in [5.41, 5.74) is 7.59. The SMILES string of the molecule is CC(CCN)c1ccc(N2OCCC2=O)cc1. The molecule has 0 aromatic heterocycles. The number of amides is 1. The standard InChI is InChI=1S/C13H18N2O2/c1-10(6-8-14)11-2-4-12(5-3-11)15-13(16)7-9-17-15/h2-5,10H,6-9,14H2,1H3. The van der Waals surface area contributed by atoms with Crippen LogP contribution in [0.4, 0.5) is 5.69 Å². The summed E-state index contributed by atoms with van der Waals surface area (Å²) in [5.74, 6) is 0.469. The van der Waals surface area contributed by atoms with Crippen LogP contribution in [-0.2, 0) is 9.63 Å². The summed E-state index contributed by atoms with van der Waals surface area (Å²) in [4.78, 5) is 16.7. The van der Waals surface area contributed by atoms with Crippen molar-refractivity contribution in [3.63, 3.8) is 0 Å². The van der Waals surface area contributed by atoms with Crippen molar-refractivity contribution in [2.24, 2.45) is 5.73 Å². The van der Waals surface area contributed by atoms with Gasteiger partial charge in [-0.15, -0.1) is 0 Å². The molecule has 1 saturated heterocycles. The summed E-state index contributed by atoms with van der Waals surface area (Å²) < 4.78 is 0. The molecule has 4 nitrogen and oxygen atoms in total. The van der Waals surface area contributed by atoms with Gasteiger partial charge in [0.1, 0.15) is 0 Å². The highest BCUT2D eigenvalue weighted by Gasteiger charge is 2.23. The van der Waals surface area contributed by atoms with Crippen LogP contribution < -0.4 is 10.8 Å². The first-order chi connectivity index (χ1) is 8.22. The van der Waals surface area contributed by atoms with E-state index in [1.54, 1.807) is 0 Å². The minimum absolute atomic E-state index is 0.0211. The Hall–Kier alpha value is -1.39. The van der Waals surface area contributed by atoms with Crippen LogP contribution in [0.25, 0.3) is 0 Å². The van der Waals surface area contributed by atoms with Crippen LogP contribution in [0.5, 0.6) is 0 Å². The van der Waals surface area contributed by atoms with Crippen LogP contribution in [0.1, 0.15) is 31.2 Å². The topological polar surface area (TPSA) is 55.6 Å². The van der Waals surface area contributed by atoms with Crippen molar-refractivity contribution in [3.05, 3.63) is 29.8 Å². The number of hydrogen-bond donors (Lipinski definition) is 1. The van der Waals surface area contributed by atoms with Crippen LogP contribution >= 0.6 is 0 Å². The highest BCUT2D eigenvalue weighted by molar-refractivity contribution is 5.92. The number of benzene rings is 1. The monoisotopic (exact) mass is 234 g/mol. The van der Waals surface area contributed by atoms with Crippen LogP contribution in [-0.4, -0.2) is 19.1 Å². The van der Waals surface area contributed by atoms with E-state index in [1.165, 1.54) is 10.6 Å². The number of rotatable bonds is 4. The molecular weight excluding hydrogens is 216 g/mol. The van der Waals surface area contributed by atoms with Gasteiger partial charge in [-0.2, -0.15) is 5.06 Å². The van der Waals surface area contributed by atoms with Crippen molar-refractivity contribution >= 4 is 11.6 Å². The quantitative estimate of drug-likeness (QED) is 0.864. The Balaban J connectivity index is 2.10. The number of carbonyl (C=O) groups excluding carboxylic acids is 1. The van der Waals surface area contributed by atoms with Gasteiger partial charge in [0.25, 0.3) is 5.91 Å². The van der Waals surface area contributed by atoms with Gasteiger partial charge in [-0.3, -0.25) is 9.63 Å². The van der Waals surface area contributed by atoms with Gasteiger partial charge in [0.05, 0.1) is 18.7 Å². The Labute approximate surface area is 101 Å². The van der Waals surface area contributed by atoms with E-state index in [2.05, 4.69) is 6.92 Å². The highest BCUT2D eigenvalue weighted by Crippen LogP contribution is 2.24. The predicted octanol–water partition coefficient (Wildman–Crippen LogP) is 1.81. The molecule has 0 spiro atoms. The zero-order valence-electron chi connectivity index (χ0n) is 10.1. The lowest BCUT2D eigenvalue weighted by molar-refractivity contribution is -0.119. The van der Waals surface area contributed by atoms with Gasteiger partial charge in [0.2, 0.25) is 0 Å². The van der Waals surface area contributed by atoms with Gasteiger partial charge in [0.15, 0.2) is 0 Å². The lowest BCUT2D eigenvalue weighted by Gasteiger charge is -2.16. The molecule has 2 rings (SSSR count). The van der Waals surface area contributed by atoms with Crippen LogP contribution in [0.15, 0.2) is 24.3 Å². The largest absolute Gasteiger partial charge is 0.330 e. The van der Waals surface area contributed by atoms with Crippen LogP contribution in [0.3, 0.4) is 0 Å². The Morgan fingerprint density at radius 3 is 2.65 bits per heavy atom. The Kier molecular flexibility index (Phi) is 3.76. The number of carbonyl (C=O) groups is 1. The molecule has 0 bridgehead atoms. The summed E-state index contributed by atoms with van der Waals surface area (Å²) >= 11 is 0. The third-order valence-electron chi connectivity index (χ3n) is 3.06. The average Bonchev–Trinajstić information content (AvgIpc) is 2.76. The zero-order valence-corrected chi connectivity index (χ0v) is 10.1. The Morgan fingerprint density at radius 1 is 1.41 bits per heavy atom. The molecule has 1 aliphatic heterocycles. The molecule has 1 aromatic carbocycles. The van der Waals surface area contributed by atoms with E-state index in [-0.39, 0.29) is 5.91 Å². The first-order valence-electron chi connectivity index (χ1n) is 5.98. The fraction of sp³-hybridized carbons (Fsp3) is 0.462. The van der Waals surface area contributed by atoms with Crippen LogP contribution in [0.2, 0.25) is 0 Å². The third kappa shape index (κ3) is 2.65. The van der Waals surface area contributed by atoms with Crippen molar-refractivity contribution in [1.82, 2.24) is 0 Å². The minimum Gasteiger partial charge on any atom is -0.330 e. The molecule has 17 heavy (non-hydrogen) atoms. The molecule has 4 heteroatoms. The van der Waals surface area contributed by atoms with Gasteiger partial charge >= 0.3 is 0 Å². The molecule has 1 aliphatic rings. The average molecular weight is 234 g/mol. The fourth-order valence-electron chi connectivity index (χ4n) is 1.97. The molecule has 1 aromatic rings. The van der Waals surface area contributed by atoms with E-state index >= 15 is 0 Å². The van der Waals surface area contributed by atoms with Gasteiger partial charge in [0, 0.05) is 0 Å². The van der Waals surface area contributed by atoms with E-state index < -0.39 is 0 Å². The Morgan fingerprint density at radius 2 is 2.12 bits per heavy atom. The number of hydrogen-bond acceptors (Lipinski definition) is 3. The van der Waals surface area contributed by atoms with Crippen LogP contribution in [0, 0.1) is 0 Å². The Bertz CT molecular complexity index is 389. The molecule has 1 atom stereocenters. The maximum atomic E-state index is 11.5. The summed E-state index contributed by atoms with van der Waals surface area (Å²) in [6, 6.07) is 7.91. The van der Waals surface area contributed by atoms with Crippen molar-refractivity contribution in [2.45, 2.75) is 25.7 Å². The maximum Gasteiger partial charge on any atom is 0.253 e. The number of nitrogens with zero attached hydrogens (tertiary/aromatic N) is 1. The van der Waals surface area contributed by atoms with Crippen molar-refractivity contribution in [2.75, 3.05) is 18.2 Å². The molecule has 1 heterocycles. The molecule has 92 valence electrons. The normalized spacial score (nSPS) is 17.5. The van der Waals surface area contributed by atoms with Gasteiger partial charge in [-0.25, -0.2) is 0 Å². The zero-order chi connectivity index (χ0) is 12.3. The van der Waals surface area contributed by atoms with Gasteiger partial charge in [-0.1, -0.05) is 19.1 Å². The minimum atomic E-state index is 0.0211. The maximum absolute atomic E-state index is 11.5. The first kappa shape index (κ1) is 12.1. The second kappa shape index (κ2) is 5.29. The van der Waals surface area contributed by atoms with E-state index in [0.29, 0.717) is 25.5 Å². The number of hydroxylamine groups is 1. The number of anilines is 1. The molecule has 0 aliphatic carbocycles. The van der Waals surface area contributed by atoms with E-state index in [0.717, 1.165) is 12.1 Å². The summed E-state index contributed by atoms with van der Waals surface area (Å²) in [6.45, 7) is 3.32. The van der Waals surface area contributed by atoms with E-state index in [9.17, 15) is 4.79 Å². The smallest absolute Gasteiger partial charge is 0.253 e. The number of nitrogens with two attached hydrogens (primary N) is 1. The fourth-order valence-corrected chi connectivity index (χ4v) is 1.97. The van der Waals surface area contributed by atoms with Crippen molar-refractivity contribution in [3.8, 4) is 0 Å².